The Morgan fingerprint density at radius 2 is 1.85 bits per heavy atom. The van der Waals surface area contributed by atoms with E-state index < -0.39 is 6.05 Å². The molecule has 1 aromatic carbocycles. The Bertz CT molecular complexity index is 246. The molecule has 0 spiro atoms. The van der Waals surface area contributed by atoms with Gasteiger partial charge in [0.1, 0.15) is 0 Å². The zero-order chi connectivity index (χ0) is 9.73. The van der Waals surface area contributed by atoms with E-state index in [9.17, 15) is 8.78 Å². The number of hydrogen-bond acceptors (Lipinski definition) is 1. The second-order valence-corrected chi connectivity index (χ2v) is 2.90. The lowest BCUT2D eigenvalue weighted by molar-refractivity contribution is -0.0399. The van der Waals surface area contributed by atoms with E-state index in [2.05, 4.69) is 5.32 Å². The van der Waals surface area contributed by atoms with Crippen LogP contribution in [0.25, 0.3) is 0 Å². The predicted octanol–water partition coefficient (Wildman–Crippen LogP) is 2.78. The molecule has 1 N–H and O–H groups in total. The van der Waals surface area contributed by atoms with Gasteiger partial charge in [0.05, 0.1) is 0 Å². The molecular formula is C10H13F2N. The molecule has 0 amide bonds. The van der Waals surface area contributed by atoms with Crippen molar-refractivity contribution in [2.75, 3.05) is 0 Å². The van der Waals surface area contributed by atoms with Crippen molar-refractivity contribution in [2.45, 2.75) is 25.9 Å². The van der Waals surface area contributed by atoms with Crippen LogP contribution >= 0.6 is 0 Å². The minimum Gasteiger partial charge on any atom is -0.254 e. The number of rotatable bonds is 4. The third-order valence-electron chi connectivity index (χ3n) is 1.84. The van der Waals surface area contributed by atoms with Gasteiger partial charge in [-0.1, -0.05) is 37.3 Å². The van der Waals surface area contributed by atoms with Crippen molar-refractivity contribution >= 4 is 0 Å². The van der Waals surface area contributed by atoms with Crippen LogP contribution in [0, 0.1) is 0 Å². The topological polar surface area (TPSA) is 12.0 Å². The Morgan fingerprint density at radius 3 is 2.38 bits per heavy atom. The Morgan fingerprint density at radius 1 is 1.23 bits per heavy atom. The van der Waals surface area contributed by atoms with Gasteiger partial charge in [-0.05, 0) is 5.56 Å². The molecule has 0 unspecified atom stereocenters. The van der Waals surface area contributed by atoms with Crippen molar-refractivity contribution in [1.29, 1.82) is 0 Å². The third kappa shape index (κ3) is 3.51. The van der Waals surface area contributed by atoms with Crippen molar-refractivity contribution in [3.63, 3.8) is 0 Å². The van der Waals surface area contributed by atoms with Gasteiger partial charge in [0.15, 0.2) is 0 Å². The minimum atomic E-state index is -2.75. The van der Waals surface area contributed by atoms with Crippen LogP contribution in [0.4, 0.5) is 8.78 Å². The molecule has 0 aliphatic rings. The lowest BCUT2D eigenvalue weighted by atomic mass is 10.2. The van der Waals surface area contributed by atoms with Gasteiger partial charge in [-0.15, -0.1) is 0 Å². The van der Waals surface area contributed by atoms with E-state index in [0.29, 0.717) is 0 Å². The maximum Gasteiger partial charge on any atom is 0.302 e. The molecule has 0 saturated carbocycles. The largest absolute Gasteiger partial charge is 0.302 e. The minimum absolute atomic E-state index is 0.181. The number of halogens is 2. The van der Waals surface area contributed by atoms with Crippen LogP contribution in [0.1, 0.15) is 18.9 Å². The summed E-state index contributed by atoms with van der Waals surface area (Å²) in [4.78, 5) is 0. The van der Waals surface area contributed by atoms with Gasteiger partial charge >= 0.3 is 6.05 Å². The Kier molecular flexibility index (Phi) is 3.37. The van der Waals surface area contributed by atoms with Crippen molar-refractivity contribution in [1.82, 2.24) is 5.32 Å². The molecule has 0 fully saturated rings. The van der Waals surface area contributed by atoms with Gasteiger partial charge in [0, 0.05) is 13.0 Å². The van der Waals surface area contributed by atoms with E-state index in [1.54, 1.807) is 0 Å². The van der Waals surface area contributed by atoms with Crippen molar-refractivity contribution in [3.05, 3.63) is 35.9 Å². The summed E-state index contributed by atoms with van der Waals surface area (Å²) in [5.41, 5.74) is 0.871. The van der Waals surface area contributed by atoms with Gasteiger partial charge in [-0.25, -0.2) is 0 Å². The van der Waals surface area contributed by atoms with Crippen molar-refractivity contribution < 1.29 is 8.78 Å². The zero-order valence-corrected chi connectivity index (χ0v) is 7.56. The average Bonchev–Trinajstić information content (AvgIpc) is 2.17. The van der Waals surface area contributed by atoms with Crippen LogP contribution < -0.4 is 5.32 Å². The SMILES string of the molecule is CCC(F)(F)NCc1ccccc1. The average molecular weight is 185 g/mol. The Balaban J connectivity index is 2.44. The molecule has 1 nitrogen and oxygen atoms in total. The summed E-state index contributed by atoms with van der Waals surface area (Å²) in [6.07, 6.45) is -0.181. The molecule has 0 atom stereocenters. The molecule has 0 saturated heterocycles. The lowest BCUT2D eigenvalue weighted by Crippen LogP contribution is -2.34. The second-order valence-electron chi connectivity index (χ2n) is 2.90. The fourth-order valence-corrected chi connectivity index (χ4v) is 0.952. The zero-order valence-electron chi connectivity index (χ0n) is 7.56. The number of alkyl halides is 2. The van der Waals surface area contributed by atoms with E-state index in [0.717, 1.165) is 5.56 Å². The fourth-order valence-electron chi connectivity index (χ4n) is 0.952. The maximum absolute atomic E-state index is 12.7. The summed E-state index contributed by atoms with van der Waals surface area (Å²) in [6, 6.07) is 6.41. The van der Waals surface area contributed by atoms with Gasteiger partial charge in [-0.2, -0.15) is 8.78 Å². The lowest BCUT2D eigenvalue weighted by Gasteiger charge is -2.15. The van der Waals surface area contributed by atoms with Gasteiger partial charge in [0.25, 0.3) is 0 Å². The highest BCUT2D eigenvalue weighted by Crippen LogP contribution is 2.14. The summed E-state index contributed by atoms with van der Waals surface area (Å²) in [6.45, 7) is 1.67. The summed E-state index contributed by atoms with van der Waals surface area (Å²) in [7, 11) is 0. The highest BCUT2D eigenvalue weighted by molar-refractivity contribution is 5.14. The first-order chi connectivity index (χ1) is 6.14. The summed E-state index contributed by atoms with van der Waals surface area (Å²) < 4.78 is 25.5. The second kappa shape index (κ2) is 4.33. The Hall–Kier alpha value is -0.960. The molecule has 0 aliphatic heterocycles. The smallest absolute Gasteiger partial charge is 0.254 e. The van der Waals surface area contributed by atoms with Crippen LogP contribution in [-0.4, -0.2) is 6.05 Å². The quantitative estimate of drug-likeness (QED) is 0.711. The molecule has 3 heteroatoms. The first kappa shape index (κ1) is 10.1. The van der Waals surface area contributed by atoms with Crippen LogP contribution in [-0.2, 0) is 6.54 Å². The van der Waals surface area contributed by atoms with Crippen LogP contribution in [0.3, 0.4) is 0 Å². The molecule has 0 bridgehead atoms. The van der Waals surface area contributed by atoms with Crippen molar-refractivity contribution in [2.24, 2.45) is 0 Å². The van der Waals surface area contributed by atoms with Gasteiger partial charge in [-0.3, -0.25) is 5.32 Å². The summed E-state index contributed by atoms with van der Waals surface area (Å²) in [5, 5.41) is 2.19. The van der Waals surface area contributed by atoms with E-state index in [1.165, 1.54) is 6.92 Å². The molecule has 0 radical (unpaired) electrons. The van der Waals surface area contributed by atoms with Crippen LogP contribution in [0.5, 0.6) is 0 Å². The van der Waals surface area contributed by atoms with Crippen LogP contribution in [0.2, 0.25) is 0 Å². The molecular weight excluding hydrogens is 172 g/mol. The highest BCUT2D eigenvalue weighted by atomic mass is 19.3. The molecule has 0 aromatic heterocycles. The van der Waals surface area contributed by atoms with E-state index in [4.69, 9.17) is 0 Å². The number of benzene rings is 1. The molecule has 1 rings (SSSR count). The molecule has 1 aromatic rings. The highest BCUT2D eigenvalue weighted by Gasteiger charge is 2.24. The van der Waals surface area contributed by atoms with Crippen molar-refractivity contribution in [3.8, 4) is 0 Å². The summed E-state index contributed by atoms with van der Waals surface area (Å²) in [5.74, 6) is 0. The number of nitrogens with one attached hydrogen (secondary N) is 1. The summed E-state index contributed by atoms with van der Waals surface area (Å²) >= 11 is 0. The van der Waals surface area contributed by atoms with E-state index >= 15 is 0 Å². The molecule has 0 aliphatic carbocycles. The number of hydrogen-bond donors (Lipinski definition) is 1. The van der Waals surface area contributed by atoms with E-state index in [-0.39, 0.29) is 13.0 Å². The molecule has 0 heterocycles. The van der Waals surface area contributed by atoms with Crippen LogP contribution in [0.15, 0.2) is 30.3 Å². The van der Waals surface area contributed by atoms with Gasteiger partial charge in [0.2, 0.25) is 0 Å². The van der Waals surface area contributed by atoms with Gasteiger partial charge < -0.3 is 0 Å². The monoisotopic (exact) mass is 185 g/mol. The first-order valence-electron chi connectivity index (χ1n) is 4.31. The standard InChI is InChI=1S/C10H13F2N/c1-2-10(11,12)13-8-9-6-4-3-5-7-9/h3-7,13H,2,8H2,1H3. The predicted molar refractivity (Wildman–Crippen MR) is 48.5 cm³/mol. The normalized spacial score (nSPS) is 11.6. The van der Waals surface area contributed by atoms with E-state index in [1.807, 2.05) is 30.3 Å². The third-order valence-corrected chi connectivity index (χ3v) is 1.84. The molecule has 72 valence electrons. The maximum atomic E-state index is 12.7. The Labute approximate surface area is 76.8 Å². The molecule has 13 heavy (non-hydrogen) atoms. The fraction of sp³-hybridized carbons (Fsp3) is 0.400. The first-order valence-corrected chi connectivity index (χ1v) is 4.31.